The highest BCUT2D eigenvalue weighted by Crippen LogP contribution is 2.42. The van der Waals surface area contributed by atoms with Gasteiger partial charge in [-0.15, -0.1) is 11.3 Å². The van der Waals surface area contributed by atoms with E-state index in [4.69, 9.17) is 9.47 Å². The van der Waals surface area contributed by atoms with Crippen LogP contribution in [0.2, 0.25) is 0 Å². The maximum absolute atomic E-state index is 13.2. The molecule has 8 heteroatoms. The Kier molecular flexibility index (Phi) is 4.58. The number of hydrogen-bond acceptors (Lipinski definition) is 6. The molecule has 0 radical (unpaired) electrons. The fraction of sp³-hybridized carbons (Fsp3) is 0.350. The van der Waals surface area contributed by atoms with E-state index in [2.05, 4.69) is 5.32 Å². The molecule has 1 N–H and O–H groups in total. The van der Waals surface area contributed by atoms with Gasteiger partial charge in [0.15, 0.2) is 5.78 Å². The predicted octanol–water partition coefficient (Wildman–Crippen LogP) is 2.73. The molecule has 4 rings (SSSR count). The highest BCUT2D eigenvalue weighted by Gasteiger charge is 2.54. The molecule has 2 aliphatic rings. The van der Waals surface area contributed by atoms with E-state index in [1.165, 1.54) is 14.2 Å². The number of fused-ring (bicyclic) bond motifs is 2. The molecule has 3 amide bonds. The van der Waals surface area contributed by atoms with Crippen LogP contribution in [0, 0.1) is 0 Å². The minimum atomic E-state index is -1.05. The van der Waals surface area contributed by atoms with Gasteiger partial charge in [-0.05, 0) is 42.8 Å². The number of Topliss-reactive ketones (excluding diaryl/α,β-unsaturated/α-hetero) is 1. The highest BCUT2D eigenvalue weighted by molar-refractivity contribution is 7.10. The SMILES string of the molecule is COc1ccc(C(=O)CN2C(=O)N[C@@]3(CCCc4sccc43)C2=O)c(OC)c1. The maximum Gasteiger partial charge on any atom is 0.325 e. The zero-order chi connectivity index (χ0) is 19.9. The van der Waals surface area contributed by atoms with Crippen LogP contribution in [-0.4, -0.2) is 43.4 Å². The molecule has 1 saturated heterocycles. The molecule has 2 aromatic rings. The average Bonchev–Trinajstić information content (AvgIpc) is 3.28. The third kappa shape index (κ3) is 2.75. The van der Waals surface area contributed by atoms with Gasteiger partial charge in [-0.25, -0.2) is 4.79 Å². The third-order valence-corrected chi connectivity index (χ3v) is 6.33. The second-order valence-corrected chi connectivity index (χ2v) is 7.83. The minimum absolute atomic E-state index is 0.296. The van der Waals surface area contributed by atoms with Gasteiger partial charge in [0.1, 0.15) is 17.0 Å². The largest absolute Gasteiger partial charge is 0.497 e. The van der Waals surface area contributed by atoms with Crippen LogP contribution >= 0.6 is 11.3 Å². The summed E-state index contributed by atoms with van der Waals surface area (Å²) in [5.41, 5.74) is 0.110. The number of amides is 3. The van der Waals surface area contributed by atoms with Crippen molar-refractivity contribution >= 4 is 29.1 Å². The number of nitrogens with one attached hydrogen (secondary N) is 1. The molecule has 1 aliphatic heterocycles. The van der Waals surface area contributed by atoms with Gasteiger partial charge < -0.3 is 14.8 Å². The molecule has 1 spiro atoms. The molecule has 146 valence electrons. The van der Waals surface area contributed by atoms with E-state index in [1.54, 1.807) is 29.5 Å². The number of methoxy groups -OCH3 is 2. The van der Waals surface area contributed by atoms with Crippen molar-refractivity contribution in [2.45, 2.75) is 24.8 Å². The lowest BCUT2D eigenvalue weighted by Gasteiger charge is -2.31. The van der Waals surface area contributed by atoms with Crippen LogP contribution in [0.5, 0.6) is 11.5 Å². The number of nitrogens with zero attached hydrogens (tertiary/aromatic N) is 1. The van der Waals surface area contributed by atoms with Gasteiger partial charge in [-0.3, -0.25) is 14.5 Å². The molecule has 1 atom stereocenters. The van der Waals surface area contributed by atoms with Crippen LogP contribution < -0.4 is 14.8 Å². The summed E-state index contributed by atoms with van der Waals surface area (Å²) in [6, 6.07) is 6.17. The van der Waals surface area contributed by atoms with Crippen LogP contribution in [-0.2, 0) is 16.8 Å². The Labute approximate surface area is 166 Å². The number of ketones is 1. The van der Waals surface area contributed by atoms with Crippen molar-refractivity contribution in [2.24, 2.45) is 0 Å². The Morgan fingerprint density at radius 3 is 2.82 bits per heavy atom. The lowest BCUT2D eigenvalue weighted by atomic mass is 9.80. The predicted molar refractivity (Wildman–Crippen MR) is 103 cm³/mol. The Morgan fingerprint density at radius 2 is 2.07 bits per heavy atom. The monoisotopic (exact) mass is 400 g/mol. The quantitative estimate of drug-likeness (QED) is 0.616. The van der Waals surface area contributed by atoms with Crippen LogP contribution in [0.25, 0.3) is 0 Å². The van der Waals surface area contributed by atoms with Crippen molar-refractivity contribution in [1.29, 1.82) is 0 Å². The van der Waals surface area contributed by atoms with E-state index < -0.39 is 11.6 Å². The Hall–Kier alpha value is -2.87. The fourth-order valence-electron chi connectivity index (χ4n) is 3.94. The Balaban J connectivity index is 1.61. The number of carbonyl (C=O) groups excluding carboxylic acids is 3. The number of benzene rings is 1. The van der Waals surface area contributed by atoms with Crippen molar-refractivity contribution in [3.8, 4) is 11.5 Å². The van der Waals surface area contributed by atoms with Crippen LogP contribution in [0.3, 0.4) is 0 Å². The van der Waals surface area contributed by atoms with E-state index in [0.29, 0.717) is 23.5 Å². The number of hydrogen-bond donors (Lipinski definition) is 1. The minimum Gasteiger partial charge on any atom is -0.497 e. The second-order valence-electron chi connectivity index (χ2n) is 6.83. The summed E-state index contributed by atoms with van der Waals surface area (Å²) >= 11 is 1.59. The molecular weight excluding hydrogens is 380 g/mol. The summed E-state index contributed by atoms with van der Waals surface area (Å²) in [6.45, 7) is -0.339. The lowest BCUT2D eigenvalue weighted by molar-refractivity contribution is -0.131. The van der Waals surface area contributed by atoms with Crippen molar-refractivity contribution in [3.63, 3.8) is 0 Å². The van der Waals surface area contributed by atoms with Crippen molar-refractivity contribution in [2.75, 3.05) is 20.8 Å². The molecule has 28 heavy (non-hydrogen) atoms. The zero-order valence-corrected chi connectivity index (χ0v) is 16.4. The van der Waals surface area contributed by atoms with E-state index >= 15 is 0 Å². The van der Waals surface area contributed by atoms with E-state index in [0.717, 1.165) is 28.2 Å². The van der Waals surface area contributed by atoms with E-state index in [1.807, 2.05) is 11.4 Å². The molecule has 1 aromatic heterocycles. The van der Waals surface area contributed by atoms with Gasteiger partial charge in [0.25, 0.3) is 5.91 Å². The Morgan fingerprint density at radius 1 is 1.25 bits per heavy atom. The van der Waals surface area contributed by atoms with Gasteiger partial charge in [0.05, 0.1) is 26.3 Å². The van der Waals surface area contributed by atoms with Gasteiger partial charge in [0, 0.05) is 16.5 Å². The Bertz CT molecular complexity index is 969. The number of thiophene rings is 1. The van der Waals surface area contributed by atoms with Crippen molar-refractivity contribution in [1.82, 2.24) is 10.2 Å². The molecule has 0 unspecified atom stereocenters. The van der Waals surface area contributed by atoms with Gasteiger partial charge in [-0.1, -0.05) is 0 Å². The molecule has 2 heterocycles. The van der Waals surface area contributed by atoms with Crippen molar-refractivity contribution in [3.05, 3.63) is 45.6 Å². The van der Waals surface area contributed by atoms with Crippen LogP contribution in [0.4, 0.5) is 4.79 Å². The fourth-order valence-corrected chi connectivity index (χ4v) is 4.94. The molecule has 7 nitrogen and oxygen atoms in total. The van der Waals surface area contributed by atoms with Crippen LogP contribution in [0.15, 0.2) is 29.6 Å². The summed E-state index contributed by atoms with van der Waals surface area (Å²) in [4.78, 5) is 40.8. The smallest absolute Gasteiger partial charge is 0.325 e. The first-order valence-electron chi connectivity index (χ1n) is 8.96. The number of ether oxygens (including phenoxy) is 2. The highest BCUT2D eigenvalue weighted by atomic mass is 32.1. The number of aryl methyl sites for hydroxylation is 1. The standard InChI is InChI=1S/C20H20N2O5S/c1-26-12-5-6-13(16(10-12)27-2)15(23)11-22-18(24)20(21-19(22)25)8-3-4-17-14(20)7-9-28-17/h5-7,9-10H,3-4,8,11H2,1-2H3,(H,21,25)/t20-/m1/s1. The first-order valence-corrected chi connectivity index (χ1v) is 9.84. The number of rotatable bonds is 5. The van der Waals surface area contributed by atoms with E-state index in [-0.39, 0.29) is 18.2 Å². The number of carbonyl (C=O) groups is 3. The third-order valence-electron chi connectivity index (χ3n) is 5.35. The first kappa shape index (κ1) is 18.5. The topological polar surface area (TPSA) is 84.9 Å². The average molecular weight is 400 g/mol. The van der Waals surface area contributed by atoms with Gasteiger partial charge in [0.2, 0.25) is 0 Å². The van der Waals surface area contributed by atoms with Crippen molar-refractivity contribution < 1.29 is 23.9 Å². The first-order chi connectivity index (χ1) is 13.5. The summed E-state index contributed by atoms with van der Waals surface area (Å²) in [5.74, 6) is 0.150. The summed E-state index contributed by atoms with van der Waals surface area (Å²) in [6.07, 6.45) is 2.26. The molecule has 0 bridgehead atoms. The second kappa shape index (κ2) is 6.94. The summed E-state index contributed by atoms with van der Waals surface area (Å²) < 4.78 is 10.4. The van der Waals surface area contributed by atoms with Crippen LogP contribution in [0.1, 0.15) is 33.6 Å². The van der Waals surface area contributed by atoms with E-state index in [9.17, 15) is 14.4 Å². The zero-order valence-electron chi connectivity index (χ0n) is 15.6. The number of urea groups is 1. The normalized spacial score (nSPS) is 20.9. The molecule has 1 aliphatic carbocycles. The van der Waals surface area contributed by atoms with Gasteiger partial charge in [-0.2, -0.15) is 0 Å². The number of imide groups is 1. The summed E-state index contributed by atoms with van der Waals surface area (Å²) in [7, 11) is 2.97. The molecule has 1 fully saturated rings. The molecule has 1 aromatic carbocycles. The lowest BCUT2D eigenvalue weighted by Crippen LogP contribution is -2.46. The van der Waals surface area contributed by atoms with Gasteiger partial charge >= 0.3 is 6.03 Å². The maximum atomic E-state index is 13.2. The molecular formula is C20H20N2O5S. The summed E-state index contributed by atoms with van der Waals surface area (Å²) in [5, 5.41) is 4.79. The molecule has 0 saturated carbocycles.